The minimum atomic E-state index is -0.203. The molecule has 3 aliphatic rings. The molecule has 0 N–H and O–H groups in total. The lowest BCUT2D eigenvalue weighted by molar-refractivity contribution is -0.121. The van der Waals surface area contributed by atoms with Gasteiger partial charge in [-0.05, 0) is 94.6 Å². The molecule has 0 amide bonds. The summed E-state index contributed by atoms with van der Waals surface area (Å²) in [5, 5.41) is 0. The number of nitrogens with zero attached hydrogens (tertiary/aromatic N) is 1. The van der Waals surface area contributed by atoms with Gasteiger partial charge in [0.25, 0.3) is 0 Å². The number of carbonyl (C=O) groups is 2. The Labute approximate surface area is 208 Å². The van der Waals surface area contributed by atoms with Crippen molar-refractivity contribution >= 4 is 24.0 Å². The van der Waals surface area contributed by atoms with Gasteiger partial charge in [-0.15, -0.1) is 12.4 Å². The van der Waals surface area contributed by atoms with E-state index in [9.17, 15) is 9.59 Å². The lowest BCUT2D eigenvalue weighted by Crippen LogP contribution is -2.29. The number of piperidine rings is 1. The number of likely N-dealkylation sites (tertiary alicyclic amines) is 1. The Hall–Kier alpha value is -2.31. The molecule has 186 valence electrons. The van der Waals surface area contributed by atoms with Gasteiger partial charge in [-0.25, -0.2) is 0 Å². The number of halogens is 1. The molecule has 0 aromatic heterocycles. The van der Waals surface area contributed by atoms with Gasteiger partial charge in [0.15, 0.2) is 0 Å². The number of benzene rings is 1. The molecule has 0 unspecified atom stereocenters. The molecule has 7 heteroatoms. The number of rotatable bonds is 7. The Kier molecular flexibility index (Phi) is 9.20. The molecular formula is C27H36ClNO5. The average molecular weight is 490 g/mol. The van der Waals surface area contributed by atoms with E-state index in [1.165, 1.54) is 32.6 Å². The van der Waals surface area contributed by atoms with Crippen molar-refractivity contribution < 1.29 is 23.8 Å². The highest BCUT2D eigenvalue weighted by atomic mass is 35.5. The first-order chi connectivity index (χ1) is 16.0. The van der Waals surface area contributed by atoms with Gasteiger partial charge in [0.1, 0.15) is 5.75 Å². The summed E-state index contributed by atoms with van der Waals surface area (Å²) >= 11 is 0. The number of ether oxygens (including phenoxy) is 3. The van der Waals surface area contributed by atoms with E-state index in [0.29, 0.717) is 42.4 Å². The fraction of sp³-hybridized carbons (Fsp3) is 0.556. The van der Waals surface area contributed by atoms with Crippen LogP contribution in [0.3, 0.4) is 0 Å². The monoisotopic (exact) mass is 489 g/mol. The van der Waals surface area contributed by atoms with Gasteiger partial charge in [0.05, 0.1) is 20.8 Å². The lowest BCUT2D eigenvalue weighted by atomic mass is 9.89. The van der Waals surface area contributed by atoms with Crippen LogP contribution in [0, 0.1) is 5.92 Å². The van der Waals surface area contributed by atoms with E-state index in [4.69, 9.17) is 14.2 Å². The SMILES string of the molecule is COC1=C(OC)C(=O)C2=C(CCC(CCOc3ccc(C4CCN(C)CC4)cc3)CC2)C1=O.Cl. The molecule has 0 radical (unpaired) electrons. The molecule has 0 atom stereocenters. The van der Waals surface area contributed by atoms with Crippen molar-refractivity contribution in [2.75, 3.05) is 41.0 Å². The topological polar surface area (TPSA) is 65.1 Å². The minimum absolute atomic E-state index is 0. The van der Waals surface area contributed by atoms with Gasteiger partial charge in [-0.1, -0.05) is 12.1 Å². The van der Waals surface area contributed by atoms with Crippen LogP contribution in [0.5, 0.6) is 5.75 Å². The highest BCUT2D eigenvalue weighted by Gasteiger charge is 2.37. The Morgan fingerprint density at radius 1 is 0.853 bits per heavy atom. The van der Waals surface area contributed by atoms with Gasteiger partial charge in [0.2, 0.25) is 23.1 Å². The first kappa shape index (κ1) is 26.3. The van der Waals surface area contributed by atoms with Crippen LogP contribution in [0.1, 0.15) is 56.4 Å². The number of ketones is 2. The van der Waals surface area contributed by atoms with Gasteiger partial charge in [0, 0.05) is 11.1 Å². The van der Waals surface area contributed by atoms with E-state index in [2.05, 4.69) is 36.2 Å². The highest BCUT2D eigenvalue weighted by molar-refractivity contribution is 6.23. The summed E-state index contributed by atoms with van der Waals surface area (Å²) in [5.74, 6) is 1.62. The predicted octanol–water partition coefficient (Wildman–Crippen LogP) is 4.83. The van der Waals surface area contributed by atoms with E-state index in [0.717, 1.165) is 38.1 Å². The van der Waals surface area contributed by atoms with Gasteiger partial charge in [-0.3, -0.25) is 9.59 Å². The van der Waals surface area contributed by atoms with Gasteiger partial charge >= 0.3 is 0 Å². The van der Waals surface area contributed by atoms with Crippen molar-refractivity contribution in [3.05, 3.63) is 52.5 Å². The summed E-state index contributed by atoms with van der Waals surface area (Å²) in [6, 6.07) is 8.59. The third-order valence-electron chi connectivity index (χ3n) is 7.41. The molecule has 1 heterocycles. The molecule has 0 spiro atoms. The van der Waals surface area contributed by atoms with Crippen molar-refractivity contribution in [1.29, 1.82) is 0 Å². The van der Waals surface area contributed by atoms with E-state index >= 15 is 0 Å². The summed E-state index contributed by atoms with van der Waals surface area (Å²) in [7, 11) is 5.00. The molecule has 1 aromatic rings. The quantitative estimate of drug-likeness (QED) is 0.511. The molecule has 1 aliphatic heterocycles. The average Bonchev–Trinajstić information content (AvgIpc) is 3.05. The third-order valence-corrected chi connectivity index (χ3v) is 7.41. The van der Waals surface area contributed by atoms with Crippen molar-refractivity contribution in [1.82, 2.24) is 4.90 Å². The maximum absolute atomic E-state index is 12.8. The molecule has 6 nitrogen and oxygen atoms in total. The second-order valence-electron chi connectivity index (χ2n) is 9.41. The number of Topliss-reactive ketones (excluding diaryl/α,β-unsaturated/α-hetero) is 2. The first-order valence-electron chi connectivity index (χ1n) is 12.1. The second kappa shape index (κ2) is 11.9. The normalized spacial score (nSPS) is 20.6. The molecule has 2 aliphatic carbocycles. The van der Waals surface area contributed by atoms with Crippen LogP contribution in [0.25, 0.3) is 0 Å². The minimum Gasteiger partial charge on any atom is -0.494 e. The standard InChI is InChI=1S/C27H35NO5.ClH/c1-28-15-12-20(13-16-28)19-6-8-21(9-7-19)33-17-14-18-4-10-22-23(11-5-18)25(30)27(32-3)26(31-2)24(22)29;/h6-9,18,20H,4-5,10-17H2,1-3H3;1H. The number of hydrogen-bond donors (Lipinski definition) is 0. The molecule has 0 saturated carbocycles. The summed E-state index contributed by atoms with van der Waals surface area (Å²) < 4.78 is 16.4. The molecular weight excluding hydrogens is 454 g/mol. The number of allylic oxidation sites excluding steroid dienone is 2. The number of carbonyl (C=O) groups excluding carboxylic acids is 2. The van der Waals surface area contributed by atoms with Crippen LogP contribution < -0.4 is 4.74 Å². The van der Waals surface area contributed by atoms with Crippen molar-refractivity contribution in [2.24, 2.45) is 5.92 Å². The van der Waals surface area contributed by atoms with Crippen LogP contribution >= 0.6 is 12.4 Å². The van der Waals surface area contributed by atoms with Crippen LogP contribution in [0.4, 0.5) is 0 Å². The fourth-order valence-corrected chi connectivity index (χ4v) is 5.31. The molecule has 0 bridgehead atoms. The summed E-state index contributed by atoms with van der Waals surface area (Å²) in [6.45, 7) is 2.96. The van der Waals surface area contributed by atoms with Crippen molar-refractivity contribution in [3.8, 4) is 5.75 Å². The third kappa shape index (κ3) is 5.66. The van der Waals surface area contributed by atoms with Crippen LogP contribution in [0.2, 0.25) is 0 Å². The second-order valence-corrected chi connectivity index (χ2v) is 9.41. The van der Waals surface area contributed by atoms with Crippen molar-refractivity contribution in [3.63, 3.8) is 0 Å². The predicted molar refractivity (Wildman–Crippen MR) is 133 cm³/mol. The number of hydrogen-bond acceptors (Lipinski definition) is 6. The van der Waals surface area contributed by atoms with Crippen LogP contribution in [0.15, 0.2) is 46.9 Å². The fourth-order valence-electron chi connectivity index (χ4n) is 5.31. The Balaban J connectivity index is 0.00000324. The summed E-state index contributed by atoms with van der Waals surface area (Å²) in [5.41, 5.74) is 2.61. The van der Waals surface area contributed by atoms with Gasteiger partial charge in [-0.2, -0.15) is 0 Å². The number of methoxy groups -OCH3 is 2. The Morgan fingerprint density at radius 3 is 1.88 bits per heavy atom. The summed E-state index contributed by atoms with van der Waals surface area (Å²) in [4.78, 5) is 28.0. The maximum Gasteiger partial charge on any atom is 0.228 e. The van der Waals surface area contributed by atoms with E-state index in [1.807, 2.05) is 0 Å². The smallest absolute Gasteiger partial charge is 0.228 e. The molecule has 34 heavy (non-hydrogen) atoms. The first-order valence-corrected chi connectivity index (χ1v) is 12.1. The molecule has 1 saturated heterocycles. The molecule has 4 rings (SSSR count). The van der Waals surface area contributed by atoms with Crippen molar-refractivity contribution in [2.45, 2.75) is 50.9 Å². The van der Waals surface area contributed by atoms with Crippen LogP contribution in [-0.4, -0.2) is 57.4 Å². The maximum atomic E-state index is 12.8. The lowest BCUT2D eigenvalue weighted by Gasteiger charge is -2.29. The Morgan fingerprint density at radius 2 is 1.38 bits per heavy atom. The van der Waals surface area contributed by atoms with E-state index < -0.39 is 0 Å². The zero-order valence-corrected chi connectivity index (χ0v) is 21.2. The van der Waals surface area contributed by atoms with Crippen LogP contribution in [-0.2, 0) is 19.1 Å². The summed E-state index contributed by atoms with van der Waals surface area (Å²) in [6.07, 6.45) is 6.27. The molecule has 1 aromatic carbocycles. The zero-order valence-electron chi connectivity index (χ0n) is 20.4. The van der Waals surface area contributed by atoms with E-state index in [1.54, 1.807) is 0 Å². The molecule has 1 fully saturated rings. The highest BCUT2D eigenvalue weighted by Crippen LogP contribution is 2.37. The Bertz CT molecular complexity index is 904. The van der Waals surface area contributed by atoms with Gasteiger partial charge < -0.3 is 19.1 Å². The largest absolute Gasteiger partial charge is 0.494 e. The van der Waals surface area contributed by atoms with E-state index in [-0.39, 0.29) is 35.5 Å². The zero-order chi connectivity index (χ0) is 23.4.